The fourth-order valence-electron chi connectivity index (χ4n) is 4.06. The van der Waals surface area contributed by atoms with Crippen molar-refractivity contribution < 1.29 is 13.9 Å². The molecule has 0 bridgehead atoms. The smallest absolute Gasteiger partial charge is 0.272 e. The highest BCUT2D eigenvalue weighted by atomic mass is 19.1. The summed E-state index contributed by atoms with van der Waals surface area (Å²) in [6.07, 6.45) is 1.79. The molecule has 1 aliphatic heterocycles. The van der Waals surface area contributed by atoms with Gasteiger partial charge in [-0.1, -0.05) is 6.07 Å². The fraction of sp³-hybridized carbons (Fsp3) is 0.318. The Bertz CT molecular complexity index is 1330. The maximum atomic E-state index is 13.9. The Morgan fingerprint density at radius 2 is 2.10 bits per heavy atom. The minimum atomic E-state index is -0.511. The molecule has 1 unspecified atom stereocenters. The number of aromatic nitrogens is 4. The maximum Gasteiger partial charge on any atom is 0.272 e. The monoisotopic (exact) mass is 423 g/mol. The quantitative estimate of drug-likeness (QED) is 0.469. The number of benzene rings is 1. The third kappa shape index (κ3) is 3.61. The Balaban J connectivity index is 1.39. The second-order valence-electron chi connectivity index (χ2n) is 7.89. The molecular formula is C22H22FN5O3. The van der Waals surface area contributed by atoms with Gasteiger partial charge >= 0.3 is 0 Å². The van der Waals surface area contributed by atoms with E-state index in [4.69, 9.17) is 4.74 Å². The highest BCUT2D eigenvalue weighted by Gasteiger charge is 2.21. The second kappa shape index (κ2) is 7.66. The van der Waals surface area contributed by atoms with Crippen molar-refractivity contribution in [3.05, 3.63) is 69.7 Å². The molecule has 31 heavy (non-hydrogen) atoms. The lowest BCUT2D eigenvalue weighted by molar-refractivity contribution is 0.0844. The molecule has 1 amide bonds. The van der Waals surface area contributed by atoms with E-state index in [9.17, 15) is 14.0 Å². The average molecular weight is 423 g/mol. The first-order valence-corrected chi connectivity index (χ1v) is 10.3. The third-order valence-corrected chi connectivity index (χ3v) is 5.80. The number of hydrogen-bond acceptors (Lipinski definition) is 4. The van der Waals surface area contributed by atoms with Crippen molar-refractivity contribution in [2.24, 2.45) is 0 Å². The number of nitrogens with zero attached hydrogens (tertiary/aromatic N) is 2. The molecule has 1 atom stereocenters. The number of nitrogens with one attached hydrogen (secondary N) is 3. The number of aromatic amines is 2. The van der Waals surface area contributed by atoms with Crippen molar-refractivity contribution in [1.29, 1.82) is 0 Å². The molecule has 9 heteroatoms. The standard InChI is InChI=1S/C22H22FN5O3/c1-12(24-22(30)19-9-14-15(23)3-2-4-16(14)25-19)17-11-21(29)28-20(26-17)10-18(27-28)13-5-7-31-8-6-13/h2-4,9-13,25,27H,5-8H2,1H3,(H,24,30). The first kappa shape index (κ1) is 19.5. The molecular weight excluding hydrogens is 401 g/mol. The van der Waals surface area contributed by atoms with Crippen LogP contribution in [0.2, 0.25) is 0 Å². The molecule has 160 valence electrons. The largest absolute Gasteiger partial charge is 0.381 e. The third-order valence-electron chi connectivity index (χ3n) is 5.80. The lowest BCUT2D eigenvalue weighted by atomic mass is 9.97. The minimum absolute atomic E-state index is 0.243. The number of hydrogen-bond donors (Lipinski definition) is 3. The number of carbonyl (C=O) groups excluding carboxylic acids is 1. The van der Waals surface area contributed by atoms with Gasteiger partial charge in [0.2, 0.25) is 0 Å². The normalized spacial score (nSPS) is 16.1. The summed E-state index contributed by atoms with van der Waals surface area (Å²) in [4.78, 5) is 32.8. The molecule has 5 rings (SSSR count). The summed E-state index contributed by atoms with van der Waals surface area (Å²) in [7, 11) is 0. The van der Waals surface area contributed by atoms with Gasteiger partial charge in [-0.25, -0.2) is 13.9 Å². The zero-order valence-electron chi connectivity index (χ0n) is 16.9. The highest BCUT2D eigenvalue weighted by molar-refractivity contribution is 5.98. The zero-order chi connectivity index (χ0) is 21.5. The van der Waals surface area contributed by atoms with E-state index >= 15 is 0 Å². The number of fused-ring (bicyclic) bond motifs is 2. The van der Waals surface area contributed by atoms with Crippen LogP contribution in [-0.2, 0) is 4.74 Å². The summed E-state index contributed by atoms with van der Waals surface area (Å²) in [5.41, 5.74) is 2.47. The van der Waals surface area contributed by atoms with E-state index < -0.39 is 17.8 Å². The van der Waals surface area contributed by atoms with Crippen LogP contribution in [0.15, 0.2) is 41.2 Å². The van der Waals surface area contributed by atoms with E-state index in [0.29, 0.717) is 41.4 Å². The van der Waals surface area contributed by atoms with E-state index in [0.717, 1.165) is 18.5 Å². The van der Waals surface area contributed by atoms with E-state index in [-0.39, 0.29) is 11.3 Å². The minimum Gasteiger partial charge on any atom is -0.381 e. The number of H-pyrrole nitrogens is 2. The van der Waals surface area contributed by atoms with Crippen LogP contribution in [0.25, 0.3) is 16.6 Å². The van der Waals surface area contributed by atoms with E-state index in [2.05, 4.69) is 20.4 Å². The van der Waals surface area contributed by atoms with Crippen molar-refractivity contribution in [2.45, 2.75) is 31.7 Å². The Kier molecular flexibility index (Phi) is 4.82. The Morgan fingerprint density at radius 3 is 2.87 bits per heavy atom. The van der Waals surface area contributed by atoms with Gasteiger partial charge in [0, 0.05) is 47.9 Å². The summed E-state index contributed by atoms with van der Waals surface area (Å²) in [6, 6.07) is 8.89. The number of amides is 1. The van der Waals surface area contributed by atoms with Crippen LogP contribution in [0.5, 0.6) is 0 Å². The number of ether oxygens (including phenoxy) is 1. The first-order valence-electron chi connectivity index (χ1n) is 10.3. The molecule has 4 aromatic rings. The Morgan fingerprint density at radius 1 is 1.29 bits per heavy atom. The molecule has 8 nitrogen and oxygen atoms in total. The van der Waals surface area contributed by atoms with Crippen LogP contribution < -0.4 is 10.9 Å². The Hall–Kier alpha value is -3.46. The lowest BCUT2D eigenvalue weighted by Gasteiger charge is -2.20. The second-order valence-corrected chi connectivity index (χ2v) is 7.89. The van der Waals surface area contributed by atoms with E-state index in [1.807, 2.05) is 6.07 Å². The maximum absolute atomic E-state index is 13.9. The molecule has 3 N–H and O–H groups in total. The van der Waals surface area contributed by atoms with Gasteiger partial charge in [-0.3, -0.25) is 14.7 Å². The van der Waals surface area contributed by atoms with Gasteiger partial charge in [0.1, 0.15) is 11.5 Å². The molecule has 4 heterocycles. The molecule has 0 spiro atoms. The lowest BCUT2D eigenvalue weighted by Crippen LogP contribution is -2.29. The van der Waals surface area contributed by atoms with Crippen molar-refractivity contribution in [2.75, 3.05) is 13.2 Å². The predicted octanol–water partition coefficient (Wildman–Crippen LogP) is 3.03. The van der Waals surface area contributed by atoms with Crippen LogP contribution in [0.3, 0.4) is 0 Å². The van der Waals surface area contributed by atoms with Crippen molar-refractivity contribution >= 4 is 22.5 Å². The molecule has 0 radical (unpaired) electrons. The van der Waals surface area contributed by atoms with Crippen molar-refractivity contribution in [3.63, 3.8) is 0 Å². The molecule has 1 saturated heterocycles. The summed E-state index contributed by atoms with van der Waals surface area (Å²) in [5, 5.41) is 6.32. The first-order chi connectivity index (χ1) is 15.0. The fourth-order valence-corrected chi connectivity index (χ4v) is 4.06. The van der Waals surface area contributed by atoms with Crippen LogP contribution in [0, 0.1) is 5.82 Å². The van der Waals surface area contributed by atoms with Crippen LogP contribution >= 0.6 is 0 Å². The predicted molar refractivity (Wildman–Crippen MR) is 113 cm³/mol. The highest BCUT2D eigenvalue weighted by Crippen LogP contribution is 2.26. The van der Waals surface area contributed by atoms with Gasteiger partial charge in [0.05, 0.1) is 11.7 Å². The molecule has 1 fully saturated rings. The molecule has 0 saturated carbocycles. The van der Waals surface area contributed by atoms with Gasteiger partial charge in [-0.2, -0.15) is 0 Å². The summed E-state index contributed by atoms with van der Waals surface area (Å²) in [6.45, 7) is 3.16. The van der Waals surface area contributed by atoms with Crippen molar-refractivity contribution in [3.8, 4) is 0 Å². The van der Waals surface area contributed by atoms with Gasteiger partial charge in [-0.05, 0) is 38.0 Å². The topological polar surface area (TPSA) is 104 Å². The summed E-state index contributed by atoms with van der Waals surface area (Å²) in [5.74, 6) is -0.492. The summed E-state index contributed by atoms with van der Waals surface area (Å²) < 4.78 is 20.7. The van der Waals surface area contributed by atoms with Gasteiger partial charge in [0.15, 0.2) is 5.65 Å². The number of halogens is 1. The SMILES string of the molecule is CC(NC(=O)c1cc2c(F)cccc2[nH]1)c1cc(=O)n2[nH]c(C3CCOCC3)cc2n1. The average Bonchev–Trinajstić information content (AvgIpc) is 3.40. The van der Waals surface area contributed by atoms with E-state index in [1.165, 1.54) is 22.7 Å². The van der Waals surface area contributed by atoms with E-state index in [1.54, 1.807) is 19.1 Å². The van der Waals surface area contributed by atoms with Crippen LogP contribution in [0.1, 0.15) is 53.6 Å². The van der Waals surface area contributed by atoms with Crippen LogP contribution in [0.4, 0.5) is 4.39 Å². The number of rotatable bonds is 4. The molecule has 1 aliphatic rings. The molecule has 1 aromatic carbocycles. The van der Waals surface area contributed by atoms with Gasteiger partial charge < -0.3 is 15.0 Å². The van der Waals surface area contributed by atoms with Crippen LogP contribution in [-0.4, -0.2) is 38.7 Å². The summed E-state index contributed by atoms with van der Waals surface area (Å²) >= 11 is 0. The number of carbonyl (C=O) groups is 1. The van der Waals surface area contributed by atoms with Gasteiger partial charge in [-0.15, -0.1) is 0 Å². The molecule has 3 aromatic heterocycles. The molecule has 0 aliphatic carbocycles. The zero-order valence-corrected chi connectivity index (χ0v) is 16.9. The Labute approximate surface area is 176 Å². The van der Waals surface area contributed by atoms with Crippen molar-refractivity contribution in [1.82, 2.24) is 24.9 Å². The van der Waals surface area contributed by atoms with Gasteiger partial charge in [0.25, 0.3) is 11.5 Å².